The fraction of sp³-hybridized carbons (Fsp3) is 0.200. The monoisotopic (exact) mass is 461 g/mol. The van der Waals surface area contributed by atoms with Crippen molar-refractivity contribution in [2.75, 3.05) is 11.9 Å². The Hall–Kier alpha value is -4.27. The molecule has 0 fully saturated rings. The van der Waals surface area contributed by atoms with E-state index in [1.165, 1.54) is 0 Å². The number of hydrogen-bond donors (Lipinski definition) is 2. The molecule has 0 aliphatic carbocycles. The zero-order valence-corrected chi connectivity index (χ0v) is 19.0. The van der Waals surface area contributed by atoms with Gasteiger partial charge in [0.15, 0.2) is 5.82 Å². The smallest absolute Gasteiger partial charge is 0.408 e. The van der Waals surface area contributed by atoms with Crippen LogP contribution >= 0.6 is 0 Å². The lowest BCUT2D eigenvalue weighted by atomic mass is 10.0. The van der Waals surface area contributed by atoms with Crippen LogP contribution in [0.1, 0.15) is 20.8 Å². The van der Waals surface area contributed by atoms with E-state index in [0.29, 0.717) is 16.8 Å². The number of benzene rings is 1. The number of anilines is 1. The van der Waals surface area contributed by atoms with Gasteiger partial charge < -0.3 is 15.4 Å². The molecule has 3 aromatic heterocycles. The number of halogens is 1. The molecule has 2 amide bonds. The lowest BCUT2D eigenvalue weighted by molar-refractivity contribution is -0.115. The van der Waals surface area contributed by atoms with Crippen LogP contribution in [0.5, 0.6) is 0 Å². The molecular formula is C25H24FN5O3. The van der Waals surface area contributed by atoms with Gasteiger partial charge in [-0.05, 0) is 68.8 Å². The first-order valence-corrected chi connectivity index (χ1v) is 10.6. The number of fused-ring (bicyclic) bond motifs is 1. The van der Waals surface area contributed by atoms with E-state index in [2.05, 4.69) is 20.6 Å². The summed E-state index contributed by atoms with van der Waals surface area (Å²) in [6, 6.07) is 12.1. The summed E-state index contributed by atoms with van der Waals surface area (Å²) in [7, 11) is 0. The van der Waals surface area contributed by atoms with Gasteiger partial charge >= 0.3 is 6.09 Å². The molecule has 1 aromatic carbocycles. The number of nitrogens with zero attached hydrogens (tertiary/aromatic N) is 3. The number of carbonyl (C=O) groups excluding carboxylic acids is 2. The molecule has 0 saturated carbocycles. The topological polar surface area (TPSA) is 98.1 Å². The van der Waals surface area contributed by atoms with Crippen molar-refractivity contribution in [2.45, 2.75) is 26.4 Å². The Kier molecular flexibility index (Phi) is 6.27. The van der Waals surface area contributed by atoms with Gasteiger partial charge in [-0.1, -0.05) is 0 Å². The molecule has 2 N–H and O–H groups in total. The molecular weight excluding hydrogens is 437 g/mol. The second kappa shape index (κ2) is 9.30. The molecule has 0 spiro atoms. The highest BCUT2D eigenvalue weighted by atomic mass is 19.1. The van der Waals surface area contributed by atoms with Gasteiger partial charge in [-0.3, -0.25) is 14.3 Å². The van der Waals surface area contributed by atoms with E-state index in [4.69, 9.17) is 4.74 Å². The molecule has 4 rings (SSSR count). The van der Waals surface area contributed by atoms with Crippen molar-refractivity contribution in [3.8, 4) is 16.8 Å². The minimum Gasteiger partial charge on any atom is -0.444 e. The second-order valence-electron chi connectivity index (χ2n) is 8.56. The third-order valence-electron chi connectivity index (χ3n) is 4.86. The SMILES string of the molecule is CC(C)(C)OC(=O)NCC(=O)Nc1ccc(-c2ccncc2)c(F)c1-n1ccc2cccnc21. The Morgan fingerprint density at radius 2 is 1.82 bits per heavy atom. The highest BCUT2D eigenvalue weighted by molar-refractivity contribution is 5.97. The van der Waals surface area contributed by atoms with Crippen molar-refractivity contribution in [1.29, 1.82) is 0 Å². The average Bonchev–Trinajstić information content (AvgIpc) is 3.21. The molecule has 174 valence electrons. The van der Waals surface area contributed by atoms with E-state index in [0.717, 1.165) is 5.39 Å². The molecule has 0 atom stereocenters. The zero-order chi connectivity index (χ0) is 24.3. The first-order valence-electron chi connectivity index (χ1n) is 10.6. The first kappa shape index (κ1) is 22.9. The highest BCUT2D eigenvalue weighted by Crippen LogP contribution is 2.34. The van der Waals surface area contributed by atoms with Crippen molar-refractivity contribution in [1.82, 2.24) is 19.9 Å². The maximum absolute atomic E-state index is 16.0. The molecule has 34 heavy (non-hydrogen) atoms. The number of pyridine rings is 2. The molecule has 3 heterocycles. The highest BCUT2D eigenvalue weighted by Gasteiger charge is 2.21. The average molecular weight is 461 g/mol. The van der Waals surface area contributed by atoms with Crippen molar-refractivity contribution >= 4 is 28.7 Å². The molecule has 0 saturated heterocycles. The van der Waals surface area contributed by atoms with E-state index in [9.17, 15) is 9.59 Å². The summed E-state index contributed by atoms with van der Waals surface area (Å²) in [5.74, 6) is -1.07. The third-order valence-corrected chi connectivity index (χ3v) is 4.86. The molecule has 0 aliphatic heterocycles. The van der Waals surface area contributed by atoms with Crippen LogP contribution in [0.3, 0.4) is 0 Å². The quantitative estimate of drug-likeness (QED) is 0.449. The minimum absolute atomic E-state index is 0.133. The Morgan fingerprint density at radius 1 is 1.06 bits per heavy atom. The van der Waals surface area contributed by atoms with Crippen LogP contribution in [0.2, 0.25) is 0 Å². The summed E-state index contributed by atoms with van der Waals surface area (Å²) in [6.07, 6.45) is 5.76. The van der Waals surface area contributed by atoms with Gasteiger partial charge in [0.25, 0.3) is 0 Å². The second-order valence-corrected chi connectivity index (χ2v) is 8.56. The molecule has 9 heteroatoms. The van der Waals surface area contributed by atoms with Crippen LogP contribution in [0.4, 0.5) is 14.9 Å². The molecule has 4 aromatic rings. The third kappa shape index (κ3) is 5.03. The van der Waals surface area contributed by atoms with Crippen molar-refractivity contribution < 1.29 is 18.7 Å². The summed E-state index contributed by atoms with van der Waals surface area (Å²) in [5, 5.41) is 5.91. The van der Waals surface area contributed by atoms with E-state index in [-0.39, 0.29) is 17.9 Å². The van der Waals surface area contributed by atoms with Crippen molar-refractivity contribution in [2.24, 2.45) is 0 Å². The van der Waals surface area contributed by atoms with Crippen LogP contribution in [0.15, 0.2) is 67.3 Å². The lowest BCUT2D eigenvalue weighted by Crippen LogP contribution is -2.37. The number of carbonyl (C=O) groups is 2. The van der Waals surface area contributed by atoms with Crippen LogP contribution in [-0.2, 0) is 9.53 Å². The maximum Gasteiger partial charge on any atom is 0.408 e. The first-order chi connectivity index (χ1) is 16.2. The fourth-order valence-electron chi connectivity index (χ4n) is 3.46. The summed E-state index contributed by atoms with van der Waals surface area (Å²) in [4.78, 5) is 32.8. The van der Waals surface area contributed by atoms with Crippen molar-refractivity contribution in [3.63, 3.8) is 0 Å². The van der Waals surface area contributed by atoms with Crippen LogP contribution in [0.25, 0.3) is 27.8 Å². The summed E-state index contributed by atoms with van der Waals surface area (Å²) < 4.78 is 22.7. The number of rotatable bonds is 5. The number of amides is 2. The molecule has 0 bridgehead atoms. The molecule has 8 nitrogen and oxygen atoms in total. The van der Waals surface area contributed by atoms with E-state index in [1.807, 2.05) is 12.1 Å². The zero-order valence-electron chi connectivity index (χ0n) is 19.0. The Balaban J connectivity index is 1.69. The number of alkyl carbamates (subject to hydrolysis) is 1. The number of aromatic nitrogens is 3. The molecule has 0 radical (unpaired) electrons. The Morgan fingerprint density at radius 3 is 2.56 bits per heavy atom. The number of hydrogen-bond acceptors (Lipinski definition) is 5. The van der Waals surface area contributed by atoms with Crippen LogP contribution < -0.4 is 10.6 Å². The van der Waals surface area contributed by atoms with Gasteiger partial charge in [-0.25, -0.2) is 14.2 Å². The summed E-state index contributed by atoms with van der Waals surface area (Å²) in [5.41, 5.74) is 1.20. The van der Waals surface area contributed by atoms with E-state index < -0.39 is 23.4 Å². The van der Waals surface area contributed by atoms with Gasteiger partial charge in [0, 0.05) is 35.7 Å². The molecule has 0 unspecified atom stereocenters. The fourth-order valence-corrected chi connectivity index (χ4v) is 3.46. The maximum atomic E-state index is 16.0. The predicted octanol–water partition coefficient (Wildman–Crippen LogP) is 4.69. The molecule has 0 aliphatic rings. The normalized spacial score (nSPS) is 11.3. The Bertz CT molecular complexity index is 1350. The van der Waals surface area contributed by atoms with Gasteiger partial charge in [-0.15, -0.1) is 0 Å². The standard InChI is InChI=1S/C25H24FN5O3/c1-25(2,3)34-24(33)29-15-20(32)30-19-7-6-18(16-8-12-27-13-9-16)21(26)22(19)31-14-10-17-5-4-11-28-23(17)31/h4-14H,15H2,1-3H3,(H,29,33)(H,30,32). The van der Waals surface area contributed by atoms with E-state index >= 15 is 4.39 Å². The summed E-state index contributed by atoms with van der Waals surface area (Å²) >= 11 is 0. The number of ether oxygens (including phenoxy) is 1. The summed E-state index contributed by atoms with van der Waals surface area (Å²) in [6.45, 7) is 4.83. The Labute approximate surface area is 195 Å². The van der Waals surface area contributed by atoms with Gasteiger partial charge in [0.05, 0.1) is 5.69 Å². The van der Waals surface area contributed by atoms with Gasteiger partial charge in [0.1, 0.15) is 23.5 Å². The minimum atomic E-state index is -0.720. The van der Waals surface area contributed by atoms with Crippen molar-refractivity contribution in [3.05, 3.63) is 73.1 Å². The lowest BCUT2D eigenvalue weighted by Gasteiger charge is -2.20. The predicted molar refractivity (Wildman–Crippen MR) is 127 cm³/mol. The van der Waals surface area contributed by atoms with Crippen LogP contribution in [0, 0.1) is 5.82 Å². The largest absolute Gasteiger partial charge is 0.444 e. The van der Waals surface area contributed by atoms with Gasteiger partial charge in [-0.2, -0.15) is 0 Å². The van der Waals surface area contributed by atoms with Crippen LogP contribution in [-0.4, -0.2) is 38.7 Å². The van der Waals surface area contributed by atoms with Gasteiger partial charge in [0.2, 0.25) is 5.91 Å². The number of nitrogens with one attached hydrogen (secondary N) is 2. The van der Waals surface area contributed by atoms with E-state index in [1.54, 1.807) is 80.5 Å².